The summed E-state index contributed by atoms with van der Waals surface area (Å²) in [7, 11) is 1.37. The van der Waals surface area contributed by atoms with Crippen molar-refractivity contribution in [3.8, 4) is 0 Å². The molecule has 0 aliphatic heterocycles. The summed E-state index contributed by atoms with van der Waals surface area (Å²) >= 11 is 1.51. The summed E-state index contributed by atoms with van der Waals surface area (Å²) < 4.78 is 4.70. The van der Waals surface area contributed by atoms with E-state index in [9.17, 15) is 4.79 Å². The van der Waals surface area contributed by atoms with Gasteiger partial charge in [-0.1, -0.05) is 6.08 Å². The lowest BCUT2D eigenvalue weighted by Crippen LogP contribution is -2.30. The van der Waals surface area contributed by atoms with Crippen LogP contribution in [0.4, 0.5) is 0 Å². The van der Waals surface area contributed by atoms with Crippen molar-refractivity contribution in [2.24, 2.45) is 0 Å². The second-order valence-corrected chi connectivity index (χ2v) is 4.01. The van der Waals surface area contributed by atoms with Gasteiger partial charge in [-0.15, -0.1) is 17.9 Å². The maximum atomic E-state index is 11.5. The molecule has 1 N–H and O–H groups in total. The van der Waals surface area contributed by atoms with Gasteiger partial charge in [0, 0.05) is 11.9 Å². The average Bonchev–Trinajstić information content (AvgIpc) is 2.65. The lowest BCUT2D eigenvalue weighted by atomic mass is 10.2. The molecule has 15 heavy (non-hydrogen) atoms. The monoisotopic (exact) mass is 226 g/mol. The first-order valence-electron chi connectivity index (χ1n) is 4.53. The van der Waals surface area contributed by atoms with Crippen molar-refractivity contribution in [1.82, 2.24) is 10.3 Å². The number of nitrogens with zero attached hydrogens (tertiary/aromatic N) is 1. The second-order valence-electron chi connectivity index (χ2n) is 2.94. The number of carbonyl (C=O) groups is 1. The average molecular weight is 226 g/mol. The molecule has 0 saturated carbocycles. The number of aryl methyl sites for hydroxylation is 1. The zero-order chi connectivity index (χ0) is 11.3. The highest BCUT2D eigenvalue weighted by atomic mass is 32.1. The smallest absolute Gasteiger partial charge is 0.329 e. The summed E-state index contributed by atoms with van der Waals surface area (Å²) in [6.45, 7) is 6.02. The SMILES string of the molecule is C=CCNC(C(=O)OC)c1csc(C)n1. The molecule has 0 aromatic carbocycles. The van der Waals surface area contributed by atoms with Crippen molar-refractivity contribution in [2.45, 2.75) is 13.0 Å². The van der Waals surface area contributed by atoms with Crippen molar-refractivity contribution in [3.63, 3.8) is 0 Å². The molecule has 0 bridgehead atoms. The minimum Gasteiger partial charge on any atom is -0.468 e. The maximum absolute atomic E-state index is 11.5. The van der Waals surface area contributed by atoms with E-state index < -0.39 is 6.04 Å². The Kier molecular flexibility index (Phi) is 4.45. The van der Waals surface area contributed by atoms with Crippen LogP contribution in [0, 0.1) is 6.92 Å². The van der Waals surface area contributed by atoms with Crippen LogP contribution in [-0.4, -0.2) is 24.6 Å². The predicted octanol–water partition coefficient (Wildman–Crippen LogP) is 1.44. The fourth-order valence-corrected chi connectivity index (χ4v) is 1.78. The molecule has 0 amide bonds. The largest absolute Gasteiger partial charge is 0.468 e. The molecule has 1 atom stereocenters. The Hall–Kier alpha value is -1.20. The van der Waals surface area contributed by atoms with Gasteiger partial charge in [0.25, 0.3) is 0 Å². The molecule has 1 unspecified atom stereocenters. The van der Waals surface area contributed by atoms with Gasteiger partial charge in [-0.3, -0.25) is 5.32 Å². The molecule has 1 aromatic rings. The van der Waals surface area contributed by atoms with Gasteiger partial charge in [-0.05, 0) is 6.92 Å². The molecule has 4 nitrogen and oxygen atoms in total. The molecule has 1 rings (SSSR count). The van der Waals surface area contributed by atoms with Crippen molar-refractivity contribution in [3.05, 3.63) is 28.7 Å². The van der Waals surface area contributed by atoms with Crippen molar-refractivity contribution >= 4 is 17.3 Å². The first-order chi connectivity index (χ1) is 7.19. The highest BCUT2D eigenvalue weighted by Crippen LogP contribution is 2.17. The fraction of sp³-hybridized carbons (Fsp3) is 0.400. The maximum Gasteiger partial charge on any atom is 0.329 e. The lowest BCUT2D eigenvalue weighted by molar-refractivity contribution is -0.143. The molecule has 0 aliphatic rings. The predicted molar refractivity (Wildman–Crippen MR) is 59.8 cm³/mol. The minimum atomic E-state index is -0.502. The Bertz CT molecular complexity index is 349. The number of ether oxygens (including phenoxy) is 1. The number of hydrogen-bond donors (Lipinski definition) is 1. The van der Waals surface area contributed by atoms with Crippen LogP contribution in [0.25, 0.3) is 0 Å². The van der Waals surface area contributed by atoms with Crippen LogP contribution in [0.2, 0.25) is 0 Å². The molecular weight excluding hydrogens is 212 g/mol. The lowest BCUT2D eigenvalue weighted by Gasteiger charge is -2.12. The van der Waals surface area contributed by atoms with Crippen LogP contribution < -0.4 is 5.32 Å². The molecule has 5 heteroatoms. The summed E-state index contributed by atoms with van der Waals surface area (Å²) in [6.07, 6.45) is 1.69. The Morgan fingerprint density at radius 2 is 2.60 bits per heavy atom. The van der Waals surface area contributed by atoms with Gasteiger partial charge in [-0.25, -0.2) is 9.78 Å². The number of carbonyl (C=O) groups excluding carboxylic acids is 1. The number of hydrogen-bond acceptors (Lipinski definition) is 5. The fourth-order valence-electron chi connectivity index (χ4n) is 1.14. The van der Waals surface area contributed by atoms with E-state index in [0.717, 1.165) is 5.01 Å². The van der Waals surface area contributed by atoms with Gasteiger partial charge in [0.05, 0.1) is 17.8 Å². The van der Waals surface area contributed by atoms with E-state index >= 15 is 0 Å². The standard InChI is InChI=1S/C10H14N2O2S/c1-4-5-11-9(10(13)14-3)8-6-15-7(2)12-8/h4,6,9,11H,1,5H2,2-3H3. The van der Waals surface area contributed by atoms with Crippen LogP contribution in [0.1, 0.15) is 16.7 Å². The highest BCUT2D eigenvalue weighted by Gasteiger charge is 2.22. The first kappa shape index (κ1) is 11.9. The summed E-state index contributed by atoms with van der Waals surface area (Å²) in [4.78, 5) is 15.7. The molecule has 0 fully saturated rings. The second kappa shape index (κ2) is 5.63. The van der Waals surface area contributed by atoms with Crippen LogP contribution in [-0.2, 0) is 9.53 Å². The van der Waals surface area contributed by atoms with Crippen LogP contribution in [0.15, 0.2) is 18.0 Å². The minimum absolute atomic E-state index is 0.331. The van der Waals surface area contributed by atoms with Gasteiger partial charge in [0.2, 0.25) is 0 Å². The molecule has 1 heterocycles. The van der Waals surface area contributed by atoms with E-state index in [0.29, 0.717) is 12.2 Å². The van der Waals surface area contributed by atoms with Crippen LogP contribution in [0.3, 0.4) is 0 Å². The van der Waals surface area contributed by atoms with Gasteiger partial charge in [0.15, 0.2) is 0 Å². The number of nitrogens with one attached hydrogen (secondary N) is 1. The van der Waals surface area contributed by atoms with Crippen molar-refractivity contribution in [2.75, 3.05) is 13.7 Å². The van der Waals surface area contributed by atoms with E-state index in [1.54, 1.807) is 6.08 Å². The third kappa shape index (κ3) is 3.14. The zero-order valence-corrected chi connectivity index (χ0v) is 9.63. The van der Waals surface area contributed by atoms with Gasteiger partial charge < -0.3 is 4.74 Å². The molecular formula is C10H14N2O2S. The van der Waals surface area contributed by atoms with Gasteiger partial charge in [0.1, 0.15) is 6.04 Å². The number of thiazole rings is 1. The molecule has 0 spiro atoms. The molecule has 0 aliphatic carbocycles. The number of esters is 1. The Balaban J connectivity index is 2.80. The Labute approximate surface area is 93.0 Å². The van der Waals surface area contributed by atoms with E-state index in [2.05, 4.69) is 16.9 Å². The van der Waals surface area contributed by atoms with Crippen LogP contribution in [0.5, 0.6) is 0 Å². The van der Waals surface area contributed by atoms with Gasteiger partial charge >= 0.3 is 5.97 Å². The third-order valence-electron chi connectivity index (χ3n) is 1.84. The summed E-state index contributed by atoms with van der Waals surface area (Å²) in [5, 5.41) is 5.79. The zero-order valence-electron chi connectivity index (χ0n) is 8.82. The summed E-state index contributed by atoms with van der Waals surface area (Å²) in [6, 6.07) is -0.502. The Morgan fingerprint density at radius 3 is 3.07 bits per heavy atom. The summed E-state index contributed by atoms with van der Waals surface area (Å²) in [5.41, 5.74) is 0.700. The van der Waals surface area contributed by atoms with E-state index in [-0.39, 0.29) is 5.97 Å². The molecule has 0 radical (unpaired) electrons. The van der Waals surface area contributed by atoms with E-state index in [1.807, 2.05) is 12.3 Å². The van der Waals surface area contributed by atoms with Gasteiger partial charge in [-0.2, -0.15) is 0 Å². The molecule has 0 saturated heterocycles. The van der Waals surface area contributed by atoms with E-state index in [1.165, 1.54) is 18.4 Å². The number of methoxy groups -OCH3 is 1. The normalized spacial score (nSPS) is 12.1. The quantitative estimate of drug-likeness (QED) is 0.609. The third-order valence-corrected chi connectivity index (χ3v) is 2.63. The number of aromatic nitrogens is 1. The topological polar surface area (TPSA) is 51.2 Å². The Morgan fingerprint density at radius 1 is 1.87 bits per heavy atom. The van der Waals surface area contributed by atoms with Crippen molar-refractivity contribution in [1.29, 1.82) is 0 Å². The molecule has 82 valence electrons. The number of rotatable bonds is 5. The first-order valence-corrected chi connectivity index (χ1v) is 5.41. The summed E-state index contributed by atoms with van der Waals surface area (Å²) in [5.74, 6) is -0.331. The highest BCUT2D eigenvalue weighted by molar-refractivity contribution is 7.09. The van der Waals surface area contributed by atoms with Crippen molar-refractivity contribution < 1.29 is 9.53 Å². The molecule has 1 aromatic heterocycles. The van der Waals surface area contributed by atoms with E-state index in [4.69, 9.17) is 4.74 Å². The van der Waals surface area contributed by atoms with Crippen LogP contribution >= 0.6 is 11.3 Å².